The predicted molar refractivity (Wildman–Crippen MR) is 105 cm³/mol. The summed E-state index contributed by atoms with van der Waals surface area (Å²) in [5.41, 5.74) is 0.652. The quantitative estimate of drug-likeness (QED) is 0.689. The minimum Gasteiger partial charge on any atom is -0.339 e. The zero-order valence-corrected chi connectivity index (χ0v) is 16.5. The number of benzene rings is 2. The third-order valence-corrected chi connectivity index (χ3v) is 5.56. The number of thioether (sulfide) groups is 2. The standard InChI is InChI=1S/C17H17BrN2O2S2/c1-20(2)17(22)24-15-6-4-3-5-14(15)19-16(21)11-23-13-9-7-12(18)8-10-13/h3-10H,11H2,1-2H3,(H,19,21). The molecule has 0 aliphatic heterocycles. The van der Waals surface area contributed by atoms with Crippen molar-refractivity contribution in [1.29, 1.82) is 0 Å². The molecule has 0 aromatic heterocycles. The number of hydrogen-bond acceptors (Lipinski definition) is 4. The Balaban J connectivity index is 1.96. The van der Waals surface area contributed by atoms with Gasteiger partial charge in [0, 0.05) is 28.4 Å². The van der Waals surface area contributed by atoms with Crippen molar-refractivity contribution in [3.05, 3.63) is 53.0 Å². The maximum Gasteiger partial charge on any atom is 0.286 e. The van der Waals surface area contributed by atoms with E-state index in [2.05, 4.69) is 21.2 Å². The van der Waals surface area contributed by atoms with Gasteiger partial charge in [-0.15, -0.1) is 11.8 Å². The van der Waals surface area contributed by atoms with Crippen molar-refractivity contribution in [1.82, 2.24) is 4.90 Å². The molecule has 2 aromatic carbocycles. The second kappa shape index (κ2) is 9.15. The molecule has 0 spiro atoms. The number of hydrogen-bond donors (Lipinski definition) is 1. The fourth-order valence-electron chi connectivity index (χ4n) is 1.71. The molecule has 1 N–H and O–H groups in total. The molecule has 7 heteroatoms. The summed E-state index contributed by atoms with van der Waals surface area (Å²) in [6, 6.07) is 15.1. The van der Waals surface area contributed by atoms with Crippen molar-refractivity contribution < 1.29 is 9.59 Å². The van der Waals surface area contributed by atoms with E-state index in [9.17, 15) is 9.59 Å². The molecule has 24 heavy (non-hydrogen) atoms. The SMILES string of the molecule is CN(C)C(=O)Sc1ccccc1NC(=O)CSc1ccc(Br)cc1. The van der Waals surface area contributed by atoms with Gasteiger partial charge in [0.15, 0.2) is 0 Å². The lowest BCUT2D eigenvalue weighted by molar-refractivity contribution is -0.113. The van der Waals surface area contributed by atoms with Crippen molar-refractivity contribution in [3.8, 4) is 0 Å². The summed E-state index contributed by atoms with van der Waals surface area (Å²) in [4.78, 5) is 27.3. The minimum atomic E-state index is -0.103. The van der Waals surface area contributed by atoms with E-state index < -0.39 is 0 Å². The molecule has 0 unspecified atom stereocenters. The fourth-order valence-corrected chi connectivity index (χ4v) is 3.42. The van der Waals surface area contributed by atoms with E-state index >= 15 is 0 Å². The van der Waals surface area contributed by atoms with Crippen LogP contribution in [0.1, 0.15) is 0 Å². The fraction of sp³-hybridized carbons (Fsp3) is 0.176. The summed E-state index contributed by atoms with van der Waals surface area (Å²) >= 11 is 5.95. The van der Waals surface area contributed by atoms with Crippen LogP contribution in [0.4, 0.5) is 10.5 Å². The highest BCUT2D eigenvalue weighted by Gasteiger charge is 2.12. The molecule has 0 radical (unpaired) electrons. The third kappa shape index (κ3) is 5.89. The normalized spacial score (nSPS) is 10.3. The number of carbonyl (C=O) groups excluding carboxylic acids is 2. The molecule has 0 aliphatic carbocycles. The Morgan fingerprint density at radius 3 is 2.42 bits per heavy atom. The van der Waals surface area contributed by atoms with Crippen molar-refractivity contribution in [2.45, 2.75) is 9.79 Å². The van der Waals surface area contributed by atoms with Gasteiger partial charge in [-0.05, 0) is 48.2 Å². The first-order chi connectivity index (χ1) is 11.5. The molecular formula is C17H17BrN2O2S2. The number of nitrogens with zero attached hydrogens (tertiary/aromatic N) is 1. The summed E-state index contributed by atoms with van der Waals surface area (Å²) in [5, 5.41) is 2.79. The van der Waals surface area contributed by atoms with Crippen LogP contribution in [0.2, 0.25) is 0 Å². The number of nitrogens with one attached hydrogen (secondary N) is 1. The molecule has 0 saturated carbocycles. The number of halogens is 1. The van der Waals surface area contributed by atoms with Crippen LogP contribution in [0.3, 0.4) is 0 Å². The molecule has 126 valence electrons. The monoisotopic (exact) mass is 424 g/mol. The summed E-state index contributed by atoms with van der Waals surface area (Å²) in [5.74, 6) is 0.204. The van der Waals surface area contributed by atoms with Crippen LogP contribution in [0.25, 0.3) is 0 Å². The average molecular weight is 425 g/mol. The van der Waals surface area contributed by atoms with Crippen LogP contribution in [0.15, 0.2) is 62.8 Å². The number of amides is 2. The Kier molecular flexibility index (Phi) is 7.20. The Morgan fingerprint density at radius 1 is 1.08 bits per heavy atom. The molecule has 0 bridgehead atoms. The Hall–Kier alpha value is -1.44. The van der Waals surface area contributed by atoms with Crippen LogP contribution in [0, 0.1) is 0 Å². The van der Waals surface area contributed by atoms with Crippen LogP contribution in [-0.2, 0) is 4.79 Å². The largest absolute Gasteiger partial charge is 0.339 e. The highest BCUT2D eigenvalue weighted by atomic mass is 79.9. The first-order valence-electron chi connectivity index (χ1n) is 7.12. The maximum absolute atomic E-state index is 12.2. The molecule has 2 aromatic rings. The minimum absolute atomic E-state index is 0.0825. The van der Waals surface area contributed by atoms with Gasteiger partial charge in [-0.3, -0.25) is 9.59 Å². The molecule has 2 amide bonds. The first-order valence-corrected chi connectivity index (χ1v) is 9.71. The summed E-state index contributed by atoms with van der Waals surface area (Å²) in [7, 11) is 3.40. The second-order valence-corrected chi connectivity index (χ2v) is 8.01. The Labute approximate surface area is 158 Å². The topological polar surface area (TPSA) is 49.4 Å². The van der Waals surface area contributed by atoms with E-state index in [-0.39, 0.29) is 11.1 Å². The number of anilines is 1. The molecule has 0 heterocycles. The highest BCUT2D eigenvalue weighted by Crippen LogP contribution is 2.29. The van der Waals surface area contributed by atoms with Crippen LogP contribution < -0.4 is 5.32 Å². The summed E-state index contributed by atoms with van der Waals surface area (Å²) in [6.45, 7) is 0. The number of rotatable bonds is 5. The van der Waals surface area contributed by atoms with Crippen molar-refractivity contribution >= 4 is 56.3 Å². The van der Waals surface area contributed by atoms with E-state index in [1.807, 2.05) is 42.5 Å². The van der Waals surface area contributed by atoms with Gasteiger partial charge >= 0.3 is 0 Å². The van der Waals surface area contributed by atoms with Crippen molar-refractivity contribution in [2.75, 3.05) is 25.2 Å². The third-order valence-electron chi connectivity index (χ3n) is 2.91. The van der Waals surface area contributed by atoms with Crippen LogP contribution >= 0.6 is 39.5 Å². The number of para-hydroxylation sites is 1. The molecule has 4 nitrogen and oxygen atoms in total. The highest BCUT2D eigenvalue weighted by molar-refractivity contribution is 9.10. The molecule has 2 rings (SSSR count). The summed E-state index contributed by atoms with van der Waals surface area (Å²) < 4.78 is 1.01. The van der Waals surface area contributed by atoms with Gasteiger partial charge in [0.2, 0.25) is 5.91 Å². The summed E-state index contributed by atoms with van der Waals surface area (Å²) in [6.07, 6.45) is 0. The van der Waals surface area contributed by atoms with Gasteiger partial charge in [0.05, 0.1) is 11.4 Å². The second-order valence-electron chi connectivity index (χ2n) is 5.05. The smallest absolute Gasteiger partial charge is 0.286 e. The lowest BCUT2D eigenvalue weighted by Gasteiger charge is -2.13. The van der Waals surface area contributed by atoms with Crippen molar-refractivity contribution in [3.63, 3.8) is 0 Å². The lowest BCUT2D eigenvalue weighted by atomic mass is 10.3. The molecule has 0 fully saturated rings. The van der Waals surface area contributed by atoms with Gasteiger partial charge in [0.1, 0.15) is 0 Å². The van der Waals surface area contributed by atoms with Gasteiger partial charge < -0.3 is 10.2 Å². The molecule has 0 saturated heterocycles. The van der Waals surface area contributed by atoms with E-state index in [1.165, 1.54) is 16.7 Å². The van der Waals surface area contributed by atoms with Gasteiger partial charge in [-0.2, -0.15) is 0 Å². The molecular weight excluding hydrogens is 408 g/mol. The van der Waals surface area contributed by atoms with Crippen LogP contribution in [-0.4, -0.2) is 35.9 Å². The van der Waals surface area contributed by atoms with E-state index in [0.717, 1.165) is 26.0 Å². The number of carbonyl (C=O) groups is 2. The van der Waals surface area contributed by atoms with Gasteiger partial charge in [-0.1, -0.05) is 28.1 Å². The Morgan fingerprint density at radius 2 is 1.75 bits per heavy atom. The van der Waals surface area contributed by atoms with E-state index in [4.69, 9.17) is 0 Å². The average Bonchev–Trinajstić information content (AvgIpc) is 2.56. The Bertz CT molecular complexity index is 721. The van der Waals surface area contributed by atoms with Crippen LogP contribution in [0.5, 0.6) is 0 Å². The van der Waals surface area contributed by atoms with Gasteiger partial charge in [0.25, 0.3) is 5.24 Å². The molecule has 0 aliphatic rings. The molecule has 0 atom stereocenters. The predicted octanol–water partition coefficient (Wildman–Crippen LogP) is 4.95. The zero-order chi connectivity index (χ0) is 17.5. The lowest BCUT2D eigenvalue weighted by Crippen LogP contribution is -2.17. The maximum atomic E-state index is 12.2. The van der Waals surface area contributed by atoms with Gasteiger partial charge in [-0.25, -0.2) is 0 Å². The van der Waals surface area contributed by atoms with E-state index in [0.29, 0.717) is 11.4 Å². The van der Waals surface area contributed by atoms with E-state index in [1.54, 1.807) is 20.2 Å². The van der Waals surface area contributed by atoms with Crippen molar-refractivity contribution in [2.24, 2.45) is 0 Å². The zero-order valence-electron chi connectivity index (χ0n) is 13.3. The first kappa shape index (κ1) is 18.9.